The highest BCUT2D eigenvalue weighted by Crippen LogP contribution is 2.36. The predicted molar refractivity (Wildman–Crippen MR) is 102 cm³/mol. The lowest BCUT2D eigenvalue weighted by Crippen LogP contribution is -2.42. The molecule has 2 aromatic carbocycles. The molecule has 6 nitrogen and oxygen atoms in total. The van der Waals surface area contributed by atoms with Crippen LogP contribution in [0.3, 0.4) is 0 Å². The molecule has 3 atom stereocenters. The van der Waals surface area contributed by atoms with Gasteiger partial charge in [0.1, 0.15) is 6.61 Å². The van der Waals surface area contributed by atoms with E-state index in [0.29, 0.717) is 11.1 Å². The summed E-state index contributed by atoms with van der Waals surface area (Å²) in [6, 6.07) is 17.3. The van der Waals surface area contributed by atoms with Crippen LogP contribution in [0.5, 0.6) is 0 Å². The molecule has 3 rings (SSSR count). The summed E-state index contributed by atoms with van der Waals surface area (Å²) in [5.41, 5.74) is -0.308. The van der Waals surface area contributed by atoms with Crippen molar-refractivity contribution < 1.29 is 28.5 Å². The lowest BCUT2D eigenvalue weighted by molar-refractivity contribution is -0.175. The Kier molecular flexibility index (Phi) is 6.23. The standard InChI is InChI=1S/C22H22O6/c1-3-22(28-20(24)17-12-8-5-9-13-17)14-18(27-21(22)25-2)15-26-19(23)16-10-6-4-7-11-16/h3-13,18,21H,1,14-15H2,2H3. The molecule has 0 aliphatic carbocycles. The Morgan fingerprint density at radius 3 is 2.18 bits per heavy atom. The number of carbonyl (C=O) groups is 2. The highest BCUT2D eigenvalue weighted by molar-refractivity contribution is 5.90. The summed E-state index contributed by atoms with van der Waals surface area (Å²) in [6.07, 6.45) is 0.411. The Bertz CT molecular complexity index is 819. The Balaban J connectivity index is 1.66. The van der Waals surface area contributed by atoms with Gasteiger partial charge in [-0.25, -0.2) is 9.59 Å². The van der Waals surface area contributed by atoms with Crippen molar-refractivity contribution in [2.75, 3.05) is 13.7 Å². The van der Waals surface area contributed by atoms with Crippen LogP contribution in [0.1, 0.15) is 27.1 Å². The van der Waals surface area contributed by atoms with Crippen molar-refractivity contribution in [3.8, 4) is 0 Å². The maximum atomic E-state index is 12.5. The third kappa shape index (κ3) is 4.30. The van der Waals surface area contributed by atoms with Crippen molar-refractivity contribution in [3.63, 3.8) is 0 Å². The van der Waals surface area contributed by atoms with Crippen molar-refractivity contribution in [1.29, 1.82) is 0 Å². The molecule has 0 spiro atoms. The number of esters is 2. The molecule has 0 N–H and O–H groups in total. The van der Waals surface area contributed by atoms with E-state index >= 15 is 0 Å². The molecule has 1 saturated heterocycles. The van der Waals surface area contributed by atoms with Crippen LogP contribution in [0.15, 0.2) is 73.3 Å². The number of methoxy groups -OCH3 is 1. The smallest absolute Gasteiger partial charge is 0.339 e. The van der Waals surface area contributed by atoms with Crippen LogP contribution in [-0.4, -0.2) is 43.7 Å². The van der Waals surface area contributed by atoms with E-state index in [-0.39, 0.29) is 13.0 Å². The molecule has 1 aliphatic rings. The molecule has 6 heteroatoms. The number of hydrogen-bond donors (Lipinski definition) is 0. The molecular weight excluding hydrogens is 360 g/mol. The van der Waals surface area contributed by atoms with Crippen LogP contribution in [-0.2, 0) is 18.9 Å². The van der Waals surface area contributed by atoms with E-state index in [9.17, 15) is 9.59 Å². The third-order valence-corrected chi connectivity index (χ3v) is 4.52. The van der Waals surface area contributed by atoms with Gasteiger partial charge in [0.15, 0.2) is 5.60 Å². The Morgan fingerprint density at radius 1 is 1.07 bits per heavy atom. The molecule has 0 aromatic heterocycles. The van der Waals surface area contributed by atoms with E-state index in [1.807, 2.05) is 12.1 Å². The lowest BCUT2D eigenvalue weighted by atomic mass is 9.98. The van der Waals surface area contributed by atoms with Crippen molar-refractivity contribution in [1.82, 2.24) is 0 Å². The summed E-state index contributed by atoms with van der Waals surface area (Å²) >= 11 is 0. The Hall–Kier alpha value is -2.96. The number of ether oxygens (including phenoxy) is 4. The van der Waals surface area contributed by atoms with E-state index in [0.717, 1.165) is 0 Å². The van der Waals surface area contributed by atoms with Crippen LogP contribution >= 0.6 is 0 Å². The largest absolute Gasteiger partial charge is 0.459 e. The molecule has 2 aromatic rings. The second kappa shape index (κ2) is 8.82. The fraction of sp³-hybridized carbons (Fsp3) is 0.273. The van der Waals surface area contributed by atoms with Crippen molar-refractivity contribution in [2.24, 2.45) is 0 Å². The van der Waals surface area contributed by atoms with Gasteiger partial charge in [-0.15, -0.1) is 0 Å². The zero-order chi connectivity index (χ0) is 20.0. The second-order valence-electron chi connectivity index (χ2n) is 6.41. The quantitative estimate of drug-likeness (QED) is 0.540. The van der Waals surface area contributed by atoms with Gasteiger partial charge in [-0.05, 0) is 30.3 Å². The monoisotopic (exact) mass is 382 g/mol. The molecule has 0 radical (unpaired) electrons. The van der Waals surface area contributed by atoms with Gasteiger partial charge in [0.05, 0.1) is 17.2 Å². The van der Waals surface area contributed by atoms with Crippen molar-refractivity contribution >= 4 is 11.9 Å². The van der Waals surface area contributed by atoms with E-state index in [4.69, 9.17) is 18.9 Å². The summed E-state index contributed by atoms with van der Waals surface area (Å²) < 4.78 is 22.2. The summed E-state index contributed by atoms with van der Waals surface area (Å²) in [5, 5.41) is 0. The molecule has 3 unspecified atom stereocenters. The molecule has 1 heterocycles. The van der Waals surface area contributed by atoms with Gasteiger partial charge in [0.25, 0.3) is 0 Å². The van der Waals surface area contributed by atoms with Crippen LogP contribution in [0.25, 0.3) is 0 Å². The molecule has 0 saturated carbocycles. The Morgan fingerprint density at radius 2 is 1.64 bits per heavy atom. The third-order valence-electron chi connectivity index (χ3n) is 4.52. The van der Waals surface area contributed by atoms with Gasteiger partial charge in [-0.1, -0.05) is 43.0 Å². The van der Waals surface area contributed by atoms with Gasteiger partial charge >= 0.3 is 11.9 Å². The fourth-order valence-electron chi connectivity index (χ4n) is 3.09. The number of hydrogen-bond acceptors (Lipinski definition) is 6. The van der Waals surface area contributed by atoms with E-state index in [1.54, 1.807) is 48.5 Å². The van der Waals surface area contributed by atoms with Gasteiger partial charge in [-0.2, -0.15) is 0 Å². The van der Waals surface area contributed by atoms with Gasteiger partial charge < -0.3 is 18.9 Å². The minimum atomic E-state index is -1.18. The molecular formula is C22H22O6. The fourth-order valence-corrected chi connectivity index (χ4v) is 3.09. The zero-order valence-corrected chi connectivity index (χ0v) is 15.6. The molecule has 0 bridgehead atoms. The maximum Gasteiger partial charge on any atom is 0.339 e. The summed E-state index contributed by atoms with van der Waals surface area (Å²) in [5.74, 6) is -0.955. The topological polar surface area (TPSA) is 71.1 Å². The zero-order valence-electron chi connectivity index (χ0n) is 15.6. The number of benzene rings is 2. The minimum absolute atomic E-state index is 0.00602. The molecule has 1 fully saturated rings. The van der Waals surface area contributed by atoms with Crippen LogP contribution in [0.2, 0.25) is 0 Å². The average molecular weight is 382 g/mol. The minimum Gasteiger partial charge on any atom is -0.459 e. The normalized spacial score (nSPS) is 23.8. The van der Waals surface area contributed by atoms with Crippen molar-refractivity contribution in [2.45, 2.75) is 24.4 Å². The maximum absolute atomic E-state index is 12.5. The molecule has 28 heavy (non-hydrogen) atoms. The van der Waals surface area contributed by atoms with Crippen molar-refractivity contribution in [3.05, 3.63) is 84.4 Å². The molecule has 146 valence electrons. The van der Waals surface area contributed by atoms with E-state index in [2.05, 4.69) is 6.58 Å². The molecule has 1 aliphatic heterocycles. The first kappa shape index (κ1) is 19.8. The first-order valence-corrected chi connectivity index (χ1v) is 8.90. The van der Waals surface area contributed by atoms with E-state index < -0.39 is 29.9 Å². The van der Waals surface area contributed by atoms with Gasteiger partial charge in [0.2, 0.25) is 6.29 Å². The highest BCUT2D eigenvalue weighted by atomic mass is 16.7. The van der Waals surface area contributed by atoms with Crippen LogP contribution in [0, 0.1) is 0 Å². The number of rotatable bonds is 7. The van der Waals surface area contributed by atoms with E-state index in [1.165, 1.54) is 13.2 Å². The SMILES string of the molecule is C=CC1(OC(=O)c2ccccc2)CC(COC(=O)c2ccccc2)OC1OC. The first-order chi connectivity index (χ1) is 13.6. The summed E-state index contributed by atoms with van der Waals surface area (Å²) in [6.45, 7) is 3.80. The van der Waals surface area contributed by atoms with Crippen LogP contribution < -0.4 is 0 Å². The summed E-state index contributed by atoms with van der Waals surface area (Å²) in [7, 11) is 1.46. The van der Waals surface area contributed by atoms with Gasteiger partial charge in [-0.3, -0.25) is 0 Å². The molecule has 0 amide bonds. The van der Waals surface area contributed by atoms with Crippen LogP contribution in [0.4, 0.5) is 0 Å². The Labute approximate surface area is 163 Å². The second-order valence-corrected chi connectivity index (χ2v) is 6.41. The summed E-state index contributed by atoms with van der Waals surface area (Å²) in [4.78, 5) is 24.6. The predicted octanol–water partition coefficient (Wildman–Crippen LogP) is 3.39. The first-order valence-electron chi connectivity index (χ1n) is 8.90. The lowest BCUT2D eigenvalue weighted by Gasteiger charge is -2.29. The average Bonchev–Trinajstić information content (AvgIpc) is 3.11. The highest BCUT2D eigenvalue weighted by Gasteiger charge is 2.51. The number of carbonyl (C=O) groups excluding carboxylic acids is 2. The van der Waals surface area contributed by atoms with Gasteiger partial charge in [0, 0.05) is 13.5 Å².